The number of ether oxygens (including phenoxy) is 3. The van der Waals surface area contributed by atoms with Gasteiger partial charge in [-0.1, -0.05) is 60.7 Å². The van der Waals surface area contributed by atoms with Crippen molar-refractivity contribution < 1.29 is 23.8 Å². The summed E-state index contributed by atoms with van der Waals surface area (Å²) in [5, 5.41) is 5.79. The van der Waals surface area contributed by atoms with Crippen LogP contribution in [0.25, 0.3) is 0 Å². The molecule has 3 rings (SSSR count). The van der Waals surface area contributed by atoms with E-state index in [4.69, 9.17) is 19.9 Å². The molecule has 0 aliphatic rings. The number of benzene rings is 3. The Morgan fingerprint density at radius 3 is 2.00 bits per heavy atom. The second-order valence-corrected chi connectivity index (χ2v) is 9.68. The van der Waals surface area contributed by atoms with E-state index < -0.39 is 13.9 Å². The molecule has 3 N–H and O–H groups in total. The van der Waals surface area contributed by atoms with Crippen LogP contribution in [0.3, 0.4) is 0 Å². The van der Waals surface area contributed by atoms with Gasteiger partial charge in [-0.3, -0.25) is 4.79 Å². The number of nitrogens with one attached hydrogen (secondary N) is 1. The van der Waals surface area contributed by atoms with Crippen molar-refractivity contribution in [1.29, 1.82) is 0 Å². The second kappa shape index (κ2) is 14.3. The number of methoxy groups -OCH3 is 1. The van der Waals surface area contributed by atoms with Crippen LogP contribution in [-0.2, 0) is 14.2 Å². The summed E-state index contributed by atoms with van der Waals surface area (Å²) in [7, 11) is 0.262. The fourth-order valence-electron chi connectivity index (χ4n) is 3.47. The molecule has 0 radical (unpaired) electrons. The third-order valence-corrected chi connectivity index (χ3v) is 7.58. The molecule has 0 atom stereocenters. The van der Waals surface area contributed by atoms with Crippen molar-refractivity contribution in [2.45, 2.75) is 0 Å². The van der Waals surface area contributed by atoms with Crippen LogP contribution in [0.4, 0.5) is 0 Å². The molecule has 35 heavy (non-hydrogen) atoms. The molecule has 8 heteroatoms. The lowest BCUT2D eigenvalue weighted by Crippen LogP contribution is -2.30. The summed E-state index contributed by atoms with van der Waals surface area (Å²) in [5.41, 5.74) is 6.29. The minimum Gasteiger partial charge on any atom is -0.465 e. The van der Waals surface area contributed by atoms with Gasteiger partial charge >= 0.3 is 5.97 Å². The zero-order valence-electron chi connectivity index (χ0n) is 19.8. The summed E-state index contributed by atoms with van der Waals surface area (Å²) < 4.78 is 15.8. The highest BCUT2D eigenvalue weighted by Gasteiger charge is 2.24. The van der Waals surface area contributed by atoms with Crippen LogP contribution in [0, 0.1) is 0 Å². The second-order valence-electron chi connectivity index (χ2n) is 7.50. The van der Waals surface area contributed by atoms with Crippen molar-refractivity contribution in [1.82, 2.24) is 5.32 Å². The molecule has 1 amide bonds. The molecule has 0 saturated carbocycles. The number of carbonyl (C=O) groups is 2. The van der Waals surface area contributed by atoms with E-state index in [1.54, 1.807) is 18.2 Å². The third kappa shape index (κ3) is 7.70. The number of carbonyl (C=O) groups excluding carboxylic acids is 2. The smallest absolute Gasteiger partial charge is 0.338 e. The molecule has 7 nitrogen and oxygen atoms in total. The number of rotatable bonds is 13. The van der Waals surface area contributed by atoms with Gasteiger partial charge in [0.1, 0.15) is 0 Å². The molecule has 3 aromatic rings. The van der Waals surface area contributed by atoms with E-state index >= 15 is 0 Å². The highest BCUT2D eigenvalue weighted by atomic mass is 31.1. The summed E-state index contributed by atoms with van der Waals surface area (Å²) in [6.45, 7) is 2.60. The van der Waals surface area contributed by atoms with Crippen LogP contribution in [0.15, 0.2) is 78.9 Å². The predicted octanol–water partition coefficient (Wildman–Crippen LogP) is 1.95. The molecular weight excluding hydrogens is 463 g/mol. The molecule has 0 aliphatic heterocycles. The quantitative estimate of drug-likeness (QED) is 0.214. The van der Waals surface area contributed by atoms with E-state index in [1.807, 2.05) is 60.7 Å². The monoisotopic (exact) mass is 494 g/mol. The first-order chi connectivity index (χ1) is 17.2. The Labute approximate surface area is 207 Å². The molecule has 0 fully saturated rings. The lowest BCUT2D eigenvalue weighted by atomic mass is 10.1. The lowest BCUT2D eigenvalue weighted by Gasteiger charge is -2.22. The van der Waals surface area contributed by atoms with Gasteiger partial charge in [0.15, 0.2) is 0 Å². The average molecular weight is 495 g/mol. The van der Waals surface area contributed by atoms with Gasteiger partial charge in [-0.05, 0) is 36.7 Å². The van der Waals surface area contributed by atoms with Crippen molar-refractivity contribution in [3.05, 3.63) is 90.0 Å². The molecular formula is C27H31N2O5P. The van der Waals surface area contributed by atoms with Crippen LogP contribution >= 0.6 is 7.92 Å². The lowest BCUT2D eigenvalue weighted by molar-refractivity contribution is 0.0511. The van der Waals surface area contributed by atoms with Crippen molar-refractivity contribution >= 4 is 35.7 Å². The SMILES string of the molecule is COC(=O)c1ccc(C(=O)NCCOCCOCCN)cc1P(c1ccccc1)c1ccccc1. The van der Waals surface area contributed by atoms with Gasteiger partial charge < -0.3 is 25.3 Å². The molecule has 0 aliphatic carbocycles. The summed E-state index contributed by atoms with van der Waals surface area (Å²) >= 11 is 0. The number of hydrogen-bond acceptors (Lipinski definition) is 6. The topological polar surface area (TPSA) is 99.9 Å². The molecule has 0 bridgehead atoms. The Balaban J connectivity index is 1.83. The van der Waals surface area contributed by atoms with E-state index in [0.717, 1.165) is 15.9 Å². The van der Waals surface area contributed by atoms with Gasteiger partial charge in [-0.2, -0.15) is 0 Å². The maximum Gasteiger partial charge on any atom is 0.338 e. The van der Waals surface area contributed by atoms with Crippen LogP contribution < -0.4 is 27.0 Å². The predicted molar refractivity (Wildman–Crippen MR) is 140 cm³/mol. The van der Waals surface area contributed by atoms with E-state index in [9.17, 15) is 9.59 Å². The summed E-state index contributed by atoms with van der Waals surface area (Å²) in [4.78, 5) is 25.6. The fraction of sp³-hybridized carbons (Fsp3) is 0.259. The van der Waals surface area contributed by atoms with E-state index in [1.165, 1.54) is 7.11 Å². The van der Waals surface area contributed by atoms with E-state index in [0.29, 0.717) is 50.6 Å². The number of esters is 1. The maximum atomic E-state index is 12.9. The Morgan fingerprint density at radius 1 is 0.829 bits per heavy atom. The van der Waals surface area contributed by atoms with Gasteiger partial charge in [-0.15, -0.1) is 0 Å². The van der Waals surface area contributed by atoms with Crippen molar-refractivity contribution in [2.24, 2.45) is 5.73 Å². The van der Waals surface area contributed by atoms with Crippen LogP contribution in [-0.4, -0.2) is 58.5 Å². The maximum absolute atomic E-state index is 12.9. The Kier molecular flexibility index (Phi) is 10.9. The average Bonchev–Trinajstić information content (AvgIpc) is 2.91. The summed E-state index contributed by atoms with van der Waals surface area (Å²) in [6.07, 6.45) is 0. The van der Waals surface area contributed by atoms with Gasteiger partial charge in [0.2, 0.25) is 0 Å². The van der Waals surface area contributed by atoms with Crippen molar-refractivity contribution in [3.63, 3.8) is 0 Å². The van der Waals surface area contributed by atoms with Crippen LogP contribution in [0.5, 0.6) is 0 Å². The van der Waals surface area contributed by atoms with E-state index in [-0.39, 0.29) is 5.91 Å². The summed E-state index contributed by atoms with van der Waals surface area (Å²) in [5.74, 6) is -0.668. The zero-order valence-corrected chi connectivity index (χ0v) is 20.7. The number of hydrogen-bond donors (Lipinski definition) is 2. The number of nitrogens with two attached hydrogens (primary N) is 1. The minimum atomic E-state index is -1.10. The Bertz CT molecular complexity index is 1040. The highest BCUT2D eigenvalue weighted by molar-refractivity contribution is 7.80. The number of amides is 1. The fourth-order valence-corrected chi connectivity index (χ4v) is 5.94. The molecule has 0 unspecified atom stereocenters. The first-order valence-electron chi connectivity index (χ1n) is 11.4. The van der Waals surface area contributed by atoms with Crippen molar-refractivity contribution in [2.75, 3.05) is 46.6 Å². The van der Waals surface area contributed by atoms with Gasteiger partial charge in [0.05, 0.1) is 39.1 Å². The van der Waals surface area contributed by atoms with E-state index in [2.05, 4.69) is 5.32 Å². The molecule has 0 saturated heterocycles. The first kappa shape index (κ1) is 26.5. The zero-order chi connectivity index (χ0) is 24.9. The molecule has 184 valence electrons. The van der Waals surface area contributed by atoms with Gasteiger partial charge in [-0.25, -0.2) is 4.79 Å². The molecule has 3 aromatic carbocycles. The normalized spacial score (nSPS) is 10.8. The largest absolute Gasteiger partial charge is 0.465 e. The first-order valence-corrected chi connectivity index (χ1v) is 12.8. The standard InChI is InChI=1S/C27H31N2O5P/c1-32-27(31)24-13-12-21(26(30)29-15-17-34-19-18-33-16-14-28)20-25(24)35(22-8-4-2-5-9-22)23-10-6-3-7-11-23/h2-13,20H,14-19,28H2,1H3,(H,29,30). The van der Waals surface area contributed by atoms with Gasteiger partial charge in [0.25, 0.3) is 5.91 Å². The highest BCUT2D eigenvalue weighted by Crippen LogP contribution is 2.34. The summed E-state index contributed by atoms with van der Waals surface area (Å²) in [6, 6.07) is 25.1. The Morgan fingerprint density at radius 2 is 1.43 bits per heavy atom. The van der Waals surface area contributed by atoms with Crippen molar-refractivity contribution in [3.8, 4) is 0 Å². The van der Waals surface area contributed by atoms with Crippen LogP contribution in [0.2, 0.25) is 0 Å². The third-order valence-electron chi connectivity index (χ3n) is 5.10. The van der Waals surface area contributed by atoms with Gasteiger partial charge in [0, 0.05) is 24.0 Å². The van der Waals surface area contributed by atoms with Crippen LogP contribution in [0.1, 0.15) is 20.7 Å². The minimum absolute atomic E-state index is 0.235. The molecule has 0 spiro atoms. The molecule has 0 heterocycles. The molecule has 0 aromatic heterocycles. The Hall–Kier alpha value is -3.09.